The lowest BCUT2D eigenvalue weighted by Gasteiger charge is -2.14. The maximum absolute atomic E-state index is 12.9. The van der Waals surface area contributed by atoms with Crippen molar-refractivity contribution < 1.29 is 14.3 Å². The first-order valence-electron chi connectivity index (χ1n) is 7.88. The second kappa shape index (κ2) is 8.24. The highest BCUT2D eigenvalue weighted by Gasteiger charge is 2.33. The van der Waals surface area contributed by atoms with Crippen LogP contribution in [-0.4, -0.2) is 23.9 Å². The van der Waals surface area contributed by atoms with E-state index in [0.29, 0.717) is 27.3 Å². The second-order valence-electron chi connectivity index (χ2n) is 5.31. The number of hydrogen-bond acceptors (Lipinski definition) is 5. The van der Waals surface area contributed by atoms with Crippen molar-refractivity contribution in [1.29, 1.82) is 0 Å². The number of carbonyl (C=O) groups is 1. The van der Waals surface area contributed by atoms with Crippen LogP contribution in [0.25, 0.3) is 6.08 Å². The SMILES string of the molecule is CCOc1c(/C=C2/SC(=S)N(c3ccc(Br)cc3)C2=O)cccc1OC. The zero-order valence-corrected chi connectivity index (χ0v) is 17.4. The molecule has 0 spiro atoms. The number of ether oxygens (including phenoxy) is 2. The molecule has 2 aromatic carbocycles. The van der Waals surface area contributed by atoms with Crippen LogP contribution in [0.15, 0.2) is 51.8 Å². The lowest BCUT2D eigenvalue weighted by atomic mass is 10.1. The average Bonchev–Trinajstić information content (AvgIpc) is 2.91. The van der Waals surface area contributed by atoms with E-state index in [2.05, 4.69) is 15.9 Å². The van der Waals surface area contributed by atoms with Gasteiger partial charge in [0.05, 0.1) is 24.3 Å². The minimum atomic E-state index is -0.146. The minimum Gasteiger partial charge on any atom is -0.493 e. The number of amides is 1. The van der Waals surface area contributed by atoms with Gasteiger partial charge in [0.2, 0.25) is 0 Å². The Balaban J connectivity index is 1.97. The van der Waals surface area contributed by atoms with Gasteiger partial charge in [-0.05, 0) is 43.3 Å². The van der Waals surface area contributed by atoms with Crippen molar-refractivity contribution in [2.24, 2.45) is 0 Å². The molecule has 2 aromatic rings. The highest BCUT2D eigenvalue weighted by Crippen LogP contribution is 2.39. The number of halogens is 1. The molecule has 0 bridgehead atoms. The summed E-state index contributed by atoms with van der Waals surface area (Å²) >= 11 is 10.1. The van der Waals surface area contributed by atoms with E-state index in [1.807, 2.05) is 49.4 Å². The molecule has 0 atom stereocenters. The summed E-state index contributed by atoms with van der Waals surface area (Å²) < 4.78 is 12.5. The van der Waals surface area contributed by atoms with Crippen LogP contribution < -0.4 is 14.4 Å². The van der Waals surface area contributed by atoms with Gasteiger partial charge in [-0.25, -0.2) is 0 Å². The van der Waals surface area contributed by atoms with Crippen LogP contribution in [0.4, 0.5) is 5.69 Å². The van der Waals surface area contributed by atoms with Crippen LogP contribution in [0.2, 0.25) is 0 Å². The lowest BCUT2D eigenvalue weighted by molar-refractivity contribution is -0.113. The maximum atomic E-state index is 12.9. The molecule has 1 heterocycles. The fourth-order valence-corrected chi connectivity index (χ4v) is 4.08. The number of rotatable bonds is 5. The smallest absolute Gasteiger partial charge is 0.270 e. The summed E-state index contributed by atoms with van der Waals surface area (Å²) in [5.74, 6) is 1.10. The summed E-state index contributed by atoms with van der Waals surface area (Å²) in [7, 11) is 1.59. The van der Waals surface area contributed by atoms with Crippen molar-refractivity contribution >= 4 is 61.9 Å². The third kappa shape index (κ3) is 3.79. The van der Waals surface area contributed by atoms with Crippen LogP contribution in [0.3, 0.4) is 0 Å². The van der Waals surface area contributed by atoms with Crippen molar-refractivity contribution in [1.82, 2.24) is 0 Å². The Morgan fingerprint density at radius 1 is 1.23 bits per heavy atom. The molecule has 1 aliphatic heterocycles. The molecule has 134 valence electrons. The molecule has 0 N–H and O–H groups in total. The molecule has 0 unspecified atom stereocenters. The lowest BCUT2D eigenvalue weighted by Crippen LogP contribution is -2.27. The topological polar surface area (TPSA) is 38.8 Å². The normalized spacial score (nSPS) is 15.7. The summed E-state index contributed by atoms with van der Waals surface area (Å²) in [5, 5.41) is 0. The van der Waals surface area contributed by atoms with E-state index in [1.165, 1.54) is 11.8 Å². The van der Waals surface area contributed by atoms with Crippen LogP contribution in [0.5, 0.6) is 11.5 Å². The fraction of sp³-hybridized carbons (Fsp3) is 0.158. The molecule has 0 aromatic heterocycles. The summed E-state index contributed by atoms with van der Waals surface area (Å²) in [6.45, 7) is 2.41. The van der Waals surface area contributed by atoms with Gasteiger partial charge in [0.1, 0.15) is 0 Å². The average molecular weight is 450 g/mol. The van der Waals surface area contributed by atoms with E-state index >= 15 is 0 Å². The molecule has 7 heteroatoms. The van der Waals surface area contributed by atoms with E-state index in [9.17, 15) is 4.79 Å². The maximum Gasteiger partial charge on any atom is 0.270 e. The van der Waals surface area contributed by atoms with Crippen LogP contribution >= 0.6 is 39.9 Å². The number of anilines is 1. The van der Waals surface area contributed by atoms with Crippen molar-refractivity contribution in [2.45, 2.75) is 6.92 Å². The molecule has 0 saturated carbocycles. The predicted octanol–water partition coefficient (Wildman–Crippen LogP) is 5.26. The molecule has 0 radical (unpaired) electrons. The van der Waals surface area contributed by atoms with Gasteiger partial charge in [-0.1, -0.05) is 52.0 Å². The zero-order valence-electron chi connectivity index (χ0n) is 14.2. The van der Waals surface area contributed by atoms with Gasteiger partial charge in [0.15, 0.2) is 15.8 Å². The highest BCUT2D eigenvalue weighted by molar-refractivity contribution is 9.10. The molecule has 26 heavy (non-hydrogen) atoms. The molecule has 1 fully saturated rings. The summed E-state index contributed by atoms with van der Waals surface area (Å²) in [4.78, 5) is 15.0. The Kier molecular flexibility index (Phi) is 6.01. The third-order valence-corrected chi connectivity index (χ3v) is 5.51. The van der Waals surface area contributed by atoms with Gasteiger partial charge >= 0.3 is 0 Å². The van der Waals surface area contributed by atoms with Crippen molar-refractivity contribution in [3.05, 3.63) is 57.4 Å². The number of methoxy groups -OCH3 is 1. The van der Waals surface area contributed by atoms with Crippen molar-refractivity contribution in [3.63, 3.8) is 0 Å². The first-order chi connectivity index (χ1) is 12.5. The van der Waals surface area contributed by atoms with E-state index in [4.69, 9.17) is 21.7 Å². The quantitative estimate of drug-likeness (QED) is 0.459. The molecule has 4 nitrogen and oxygen atoms in total. The number of nitrogens with zero attached hydrogens (tertiary/aromatic N) is 1. The number of thiocarbonyl (C=S) groups is 1. The Labute approximate surface area is 170 Å². The van der Waals surface area contributed by atoms with E-state index < -0.39 is 0 Å². The number of para-hydroxylation sites is 1. The molecule has 0 aliphatic carbocycles. The molecule has 1 amide bonds. The Morgan fingerprint density at radius 3 is 2.62 bits per heavy atom. The standard InChI is InChI=1S/C19H16BrNO3S2/c1-3-24-17-12(5-4-6-15(17)23-2)11-16-18(22)21(19(25)26-16)14-9-7-13(20)8-10-14/h4-11H,3H2,1-2H3/b16-11+. The molecule has 1 aliphatic rings. The fourth-order valence-electron chi connectivity index (χ4n) is 2.53. The van der Waals surface area contributed by atoms with Crippen molar-refractivity contribution in [3.8, 4) is 11.5 Å². The van der Waals surface area contributed by atoms with Gasteiger partial charge in [0, 0.05) is 10.0 Å². The van der Waals surface area contributed by atoms with Crippen molar-refractivity contribution in [2.75, 3.05) is 18.6 Å². The van der Waals surface area contributed by atoms with Gasteiger partial charge in [-0.15, -0.1) is 0 Å². The van der Waals surface area contributed by atoms with Gasteiger partial charge in [0.25, 0.3) is 5.91 Å². The molecular weight excluding hydrogens is 434 g/mol. The summed E-state index contributed by atoms with van der Waals surface area (Å²) in [6.07, 6.45) is 1.80. The number of benzene rings is 2. The largest absolute Gasteiger partial charge is 0.493 e. The number of thioether (sulfide) groups is 1. The third-order valence-electron chi connectivity index (χ3n) is 3.68. The first-order valence-corrected chi connectivity index (χ1v) is 9.90. The molecule has 1 saturated heterocycles. The minimum absolute atomic E-state index is 0.146. The van der Waals surface area contributed by atoms with Gasteiger partial charge in [-0.3, -0.25) is 9.69 Å². The molecule has 3 rings (SSSR count). The van der Waals surface area contributed by atoms with Crippen LogP contribution in [0, 0.1) is 0 Å². The van der Waals surface area contributed by atoms with Crippen LogP contribution in [-0.2, 0) is 4.79 Å². The van der Waals surface area contributed by atoms with E-state index in [-0.39, 0.29) is 5.91 Å². The first kappa shape index (κ1) is 18.9. The zero-order chi connectivity index (χ0) is 18.7. The Morgan fingerprint density at radius 2 is 1.96 bits per heavy atom. The number of hydrogen-bond donors (Lipinski definition) is 0. The Bertz CT molecular complexity index is 881. The number of carbonyl (C=O) groups excluding carboxylic acids is 1. The van der Waals surface area contributed by atoms with Gasteiger partial charge < -0.3 is 9.47 Å². The van der Waals surface area contributed by atoms with Gasteiger partial charge in [-0.2, -0.15) is 0 Å². The molecular formula is C19H16BrNO3S2. The monoisotopic (exact) mass is 449 g/mol. The Hall–Kier alpha value is -1.83. The highest BCUT2D eigenvalue weighted by atomic mass is 79.9. The predicted molar refractivity (Wildman–Crippen MR) is 114 cm³/mol. The second-order valence-corrected chi connectivity index (χ2v) is 7.90. The summed E-state index contributed by atoms with van der Waals surface area (Å²) in [5.41, 5.74) is 1.53. The van der Waals surface area contributed by atoms with E-state index in [0.717, 1.165) is 15.7 Å². The van der Waals surface area contributed by atoms with Crippen LogP contribution in [0.1, 0.15) is 12.5 Å². The van der Waals surface area contributed by atoms with E-state index in [1.54, 1.807) is 18.1 Å². The summed E-state index contributed by atoms with van der Waals surface area (Å²) in [6, 6.07) is 13.1.